The summed E-state index contributed by atoms with van der Waals surface area (Å²) >= 11 is 0. The molecule has 5 heteroatoms. The normalized spacial score (nSPS) is 9.62. The average Bonchev–Trinajstić information content (AvgIpc) is 1.83. The van der Waals surface area contributed by atoms with E-state index in [1.165, 1.54) is 13.8 Å². The molecule has 0 atom stereocenters. The summed E-state index contributed by atoms with van der Waals surface area (Å²) in [6.45, 7) is 6.22. The number of carbonyl (C=O) groups is 2. The lowest BCUT2D eigenvalue weighted by molar-refractivity contribution is -0.121. The fourth-order valence-electron chi connectivity index (χ4n) is 0.516. The van der Waals surface area contributed by atoms with E-state index in [0.29, 0.717) is 0 Å². The second kappa shape index (κ2) is 6.42. The lowest BCUT2D eigenvalue weighted by atomic mass is 10.1. The number of aliphatic hydroxyl groups excluding tert-OH is 1. The first kappa shape index (κ1) is 14.4. The summed E-state index contributed by atoms with van der Waals surface area (Å²) in [5.74, 6) is -0.450. The summed E-state index contributed by atoms with van der Waals surface area (Å²) in [6.07, 6.45) is 0. The Hall–Kier alpha value is -1.10. The molecule has 0 aliphatic rings. The summed E-state index contributed by atoms with van der Waals surface area (Å²) in [5, 5.41) is 11.2. The van der Waals surface area contributed by atoms with Gasteiger partial charge in [0.2, 0.25) is 11.8 Å². The van der Waals surface area contributed by atoms with Crippen molar-refractivity contribution in [3.63, 3.8) is 0 Å². The molecule has 0 aliphatic carbocycles. The van der Waals surface area contributed by atoms with Crippen molar-refractivity contribution in [3.8, 4) is 0 Å². The number of nitrogens with one attached hydrogen (secondary N) is 1. The Morgan fingerprint density at radius 3 is 1.77 bits per heavy atom. The zero-order valence-corrected chi connectivity index (χ0v) is 8.55. The van der Waals surface area contributed by atoms with E-state index in [1.807, 2.05) is 0 Å². The number of nitrogens with two attached hydrogens (primary N) is 1. The molecule has 0 aromatic carbocycles. The summed E-state index contributed by atoms with van der Waals surface area (Å²) in [6, 6.07) is 0. The van der Waals surface area contributed by atoms with Crippen molar-refractivity contribution in [2.24, 2.45) is 5.73 Å². The smallest absolute Gasteiger partial charge is 0.217 e. The second-order valence-electron chi connectivity index (χ2n) is 3.33. The predicted octanol–water partition coefficient (Wildman–Crippen LogP) is -0.615. The Bertz CT molecular complexity index is 174. The molecule has 0 aromatic heterocycles. The first-order valence-corrected chi connectivity index (χ1v) is 3.87. The maximum absolute atomic E-state index is 10.4. The largest absolute Gasteiger partial charge is 0.394 e. The van der Waals surface area contributed by atoms with Crippen molar-refractivity contribution in [2.75, 3.05) is 6.61 Å². The van der Waals surface area contributed by atoms with Crippen LogP contribution in [0.3, 0.4) is 0 Å². The van der Waals surface area contributed by atoms with E-state index in [0.717, 1.165) is 0 Å². The fraction of sp³-hybridized carbons (Fsp3) is 0.750. The highest BCUT2D eigenvalue weighted by atomic mass is 16.3. The molecular weight excluding hydrogens is 172 g/mol. The SMILES string of the molecule is CC(=O)NC(C)(C)CO.CC(N)=O. The zero-order valence-electron chi connectivity index (χ0n) is 8.55. The minimum absolute atomic E-state index is 0.0351. The van der Waals surface area contributed by atoms with Crippen LogP contribution in [-0.4, -0.2) is 29.1 Å². The molecular formula is C8H18N2O3. The molecule has 0 rings (SSSR count). The lowest BCUT2D eigenvalue weighted by Gasteiger charge is -2.21. The molecule has 78 valence electrons. The standard InChI is InChI=1S/C6H13NO2.C2H5NO/c1-5(9)7-6(2,3)4-8;1-2(3)4/h8H,4H2,1-3H3,(H,7,9);1H3,(H2,3,4). The Morgan fingerprint density at radius 2 is 1.69 bits per heavy atom. The maximum Gasteiger partial charge on any atom is 0.217 e. The highest BCUT2D eigenvalue weighted by molar-refractivity contribution is 5.73. The minimum Gasteiger partial charge on any atom is -0.394 e. The van der Waals surface area contributed by atoms with Crippen molar-refractivity contribution < 1.29 is 14.7 Å². The third-order valence-electron chi connectivity index (χ3n) is 0.910. The molecule has 0 radical (unpaired) electrons. The molecule has 0 aliphatic heterocycles. The van der Waals surface area contributed by atoms with Crippen LogP contribution in [0.1, 0.15) is 27.7 Å². The van der Waals surface area contributed by atoms with Crippen LogP contribution in [-0.2, 0) is 9.59 Å². The number of amides is 2. The number of primary amides is 1. The first-order valence-electron chi connectivity index (χ1n) is 3.87. The van der Waals surface area contributed by atoms with Gasteiger partial charge in [-0.3, -0.25) is 9.59 Å². The summed E-state index contributed by atoms with van der Waals surface area (Å²) in [4.78, 5) is 19.6. The van der Waals surface area contributed by atoms with Crippen LogP contribution in [0, 0.1) is 0 Å². The quantitative estimate of drug-likeness (QED) is 0.542. The zero-order chi connectivity index (χ0) is 11.1. The van der Waals surface area contributed by atoms with Crippen molar-refractivity contribution in [3.05, 3.63) is 0 Å². The topological polar surface area (TPSA) is 92.4 Å². The number of hydrogen-bond donors (Lipinski definition) is 3. The minimum atomic E-state index is -0.480. The Kier molecular flexibility index (Phi) is 7.12. The van der Waals surface area contributed by atoms with E-state index in [1.54, 1.807) is 13.8 Å². The number of carbonyl (C=O) groups excluding carboxylic acids is 2. The maximum atomic E-state index is 10.4. The van der Waals surface area contributed by atoms with E-state index in [-0.39, 0.29) is 18.4 Å². The third-order valence-corrected chi connectivity index (χ3v) is 0.910. The average molecular weight is 190 g/mol. The van der Waals surface area contributed by atoms with E-state index in [4.69, 9.17) is 5.11 Å². The molecule has 4 N–H and O–H groups in total. The molecule has 0 saturated heterocycles. The van der Waals surface area contributed by atoms with Gasteiger partial charge in [-0.05, 0) is 13.8 Å². The molecule has 0 saturated carbocycles. The summed E-state index contributed by atoms with van der Waals surface area (Å²) in [7, 11) is 0. The van der Waals surface area contributed by atoms with Gasteiger partial charge in [0.05, 0.1) is 12.1 Å². The van der Waals surface area contributed by atoms with Gasteiger partial charge in [0.15, 0.2) is 0 Å². The molecule has 0 aromatic rings. The van der Waals surface area contributed by atoms with Crippen LogP contribution < -0.4 is 11.1 Å². The molecule has 5 nitrogen and oxygen atoms in total. The summed E-state index contributed by atoms with van der Waals surface area (Å²) in [5.41, 5.74) is 3.99. The van der Waals surface area contributed by atoms with Crippen LogP contribution in [0.15, 0.2) is 0 Å². The second-order valence-corrected chi connectivity index (χ2v) is 3.33. The van der Waals surface area contributed by atoms with Gasteiger partial charge in [0.25, 0.3) is 0 Å². The Labute approximate surface area is 78.3 Å². The molecule has 0 bridgehead atoms. The van der Waals surface area contributed by atoms with E-state index in [2.05, 4.69) is 11.1 Å². The van der Waals surface area contributed by atoms with Crippen molar-refractivity contribution in [1.82, 2.24) is 5.32 Å². The van der Waals surface area contributed by atoms with Crippen molar-refractivity contribution >= 4 is 11.8 Å². The molecule has 0 unspecified atom stereocenters. The van der Waals surface area contributed by atoms with Crippen molar-refractivity contribution in [2.45, 2.75) is 33.2 Å². The third kappa shape index (κ3) is 18.1. The lowest BCUT2D eigenvalue weighted by Crippen LogP contribution is -2.45. The fourth-order valence-corrected chi connectivity index (χ4v) is 0.516. The highest BCUT2D eigenvalue weighted by Crippen LogP contribution is 1.97. The van der Waals surface area contributed by atoms with Gasteiger partial charge in [-0.1, -0.05) is 0 Å². The van der Waals surface area contributed by atoms with Crippen LogP contribution in [0.5, 0.6) is 0 Å². The monoisotopic (exact) mass is 190 g/mol. The van der Waals surface area contributed by atoms with Gasteiger partial charge >= 0.3 is 0 Å². The Morgan fingerprint density at radius 1 is 1.38 bits per heavy atom. The van der Waals surface area contributed by atoms with Gasteiger partial charge in [0, 0.05) is 13.8 Å². The van der Waals surface area contributed by atoms with Gasteiger partial charge in [-0.15, -0.1) is 0 Å². The number of rotatable bonds is 2. The molecule has 2 amide bonds. The van der Waals surface area contributed by atoms with Crippen LogP contribution in [0.25, 0.3) is 0 Å². The molecule has 0 spiro atoms. The van der Waals surface area contributed by atoms with Gasteiger partial charge in [0.1, 0.15) is 0 Å². The molecule has 13 heavy (non-hydrogen) atoms. The number of hydrogen-bond acceptors (Lipinski definition) is 3. The predicted molar refractivity (Wildman–Crippen MR) is 49.8 cm³/mol. The Balaban J connectivity index is 0. The van der Waals surface area contributed by atoms with Gasteiger partial charge in [-0.2, -0.15) is 0 Å². The van der Waals surface area contributed by atoms with Crippen molar-refractivity contribution in [1.29, 1.82) is 0 Å². The highest BCUT2D eigenvalue weighted by Gasteiger charge is 2.15. The first-order chi connectivity index (χ1) is 5.71. The molecule has 0 fully saturated rings. The van der Waals surface area contributed by atoms with Gasteiger partial charge < -0.3 is 16.2 Å². The van der Waals surface area contributed by atoms with E-state index >= 15 is 0 Å². The van der Waals surface area contributed by atoms with Crippen LogP contribution in [0.4, 0.5) is 0 Å². The van der Waals surface area contributed by atoms with Crippen LogP contribution in [0.2, 0.25) is 0 Å². The molecule has 0 heterocycles. The number of aliphatic hydroxyl groups is 1. The van der Waals surface area contributed by atoms with E-state index in [9.17, 15) is 9.59 Å². The van der Waals surface area contributed by atoms with E-state index < -0.39 is 5.54 Å². The van der Waals surface area contributed by atoms with Crippen LogP contribution >= 0.6 is 0 Å². The van der Waals surface area contributed by atoms with Gasteiger partial charge in [-0.25, -0.2) is 0 Å². The summed E-state index contributed by atoms with van der Waals surface area (Å²) < 4.78 is 0.